The summed E-state index contributed by atoms with van der Waals surface area (Å²) >= 11 is 3.16. The topological polar surface area (TPSA) is 62.5 Å². The SMILES string of the molecule is O=C(NCC(CCO)c1ccccc1)c1ccc(Br)o1. The predicted octanol–water partition coefficient (Wildman–Crippen LogP) is 2.94. The zero-order valence-corrected chi connectivity index (χ0v) is 12.5. The van der Waals surface area contributed by atoms with E-state index in [0.717, 1.165) is 5.56 Å². The third-order valence-electron chi connectivity index (χ3n) is 3.05. The first-order chi connectivity index (χ1) is 9.70. The highest BCUT2D eigenvalue weighted by atomic mass is 79.9. The molecule has 0 bridgehead atoms. The van der Waals surface area contributed by atoms with Crippen LogP contribution in [0.15, 0.2) is 51.6 Å². The molecule has 1 atom stereocenters. The molecular formula is C15H16BrNO3. The molecule has 2 rings (SSSR count). The van der Waals surface area contributed by atoms with Crippen molar-refractivity contribution in [2.45, 2.75) is 12.3 Å². The Kier molecular flexibility index (Phi) is 5.38. The molecule has 106 valence electrons. The number of hydrogen-bond acceptors (Lipinski definition) is 3. The van der Waals surface area contributed by atoms with E-state index in [4.69, 9.17) is 9.52 Å². The van der Waals surface area contributed by atoms with Crippen molar-refractivity contribution in [1.82, 2.24) is 5.32 Å². The first kappa shape index (κ1) is 14.8. The van der Waals surface area contributed by atoms with Gasteiger partial charge in [-0.25, -0.2) is 0 Å². The summed E-state index contributed by atoms with van der Waals surface area (Å²) in [6, 6.07) is 13.1. The van der Waals surface area contributed by atoms with Crippen LogP contribution in [0.2, 0.25) is 0 Å². The van der Waals surface area contributed by atoms with Crippen LogP contribution in [0.3, 0.4) is 0 Å². The molecule has 0 saturated carbocycles. The van der Waals surface area contributed by atoms with E-state index in [0.29, 0.717) is 17.6 Å². The molecule has 0 aliphatic carbocycles. The number of halogens is 1. The van der Waals surface area contributed by atoms with Gasteiger partial charge in [0.25, 0.3) is 5.91 Å². The second-order valence-electron chi connectivity index (χ2n) is 4.43. The van der Waals surface area contributed by atoms with Gasteiger partial charge in [0.2, 0.25) is 0 Å². The van der Waals surface area contributed by atoms with Crippen LogP contribution < -0.4 is 5.32 Å². The van der Waals surface area contributed by atoms with Gasteiger partial charge in [0.1, 0.15) is 0 Å². The fourth-order valence-corrected chi connectivity index (χ4v) is 2.31. The number of carbonyl (C=O) groups is 1. The van der Waals surface area contributed by atoms with E-state index >= 15 is 0 Å². The summed E-state index contributed by atoms with van der Waals surface area (Å²) in [5, 5.41) is 12.0. The number of hydrogen-bond donors (Lipinski definition) is 2. The van der Waals surface area contributed by atoms with Crippen LogP contribution in [0.5, 0.6) is 0 Å². The van der Waals surface area contributed by atoms with Crippen LogP contribution >= 0.6 is 15.9 Å². The minimum absolute atomic E-state index is 0.0851. The highest BCUT2D eigenvalue weighted by Crippen LogP contribution is 2.19. The van der Waals surface area contributed by atoms with Gasteiger partial charge >= 0.3 is 0 Å². The molecule has 2 aromatic rings. The molecule has 5 heteroatoms. The molecule has 4 nitrogen and oxygen atoms in total. The van der Waals surface area contributed by atoms with Crippen molar-refractivity contribution < 1.29 is 14.3 Å². The molecule has 0 spiro atoms. The lowest BCUT2D eigenvalue weighted by Gasteiger charge is -2.16. The van der Waals surface area contributed by atoms with Gasteiger partial charge < -0.3 is 14.8 Å². The molecule has 0 aliphatic heterocycles. The van der Waals surface area contributed by atoms with E-state index in [1.165, 1.54) is 0 Å². The summed E-state index contributed by atoms with van der Waals surface area (Å²) in [5.41, 5.74) is 1.10. The Morgan fingerprint density at radius 3 is 2.60 bits per heavy atom. The second-order valence-corrected chi connectivity index (χ2v) is 5.22. The largest absolute Gasteiger partial charge is 0.444 e. The molecule has 20 heavy (non-hydrogen) atoms. The van der Waals surface area contributed by atoms with Crippen molar-refractivity contribution in [3.05, 3.63) is 58.5 Å². The third-order valence-corrected chi connectivity index (χ3v) is 3.48. The number of amides is 1. The van der Waals surface area contributed by atoms with E-state index in [-0.39, 0.29) is 24.2 Å². The minimum atomic E-state index is -0.255. The monoisotopic (exact) mass is 337 g/mol. The van der Waals surface area contributed by atoms with E-state index in [9.17, 15) is 4.79 Å². The Bertz CT molecular complexity index is 553. The highest BCUT2D eigenvalue weighted by molar-refractivity contribution is 9.10. The van der Waals surface area contributed by atoms with Crippen LogP contribution in [0.25, 0.3) is 0 Å². The molecule has 0 fully saturated rings. The van der Waals surface area contributed by atoms with E-state index < -0.39 is 0 Å². The molecule has 0 aliphatic rings. The zero-order valence-electron chi connectivity index (χ0n) is 10.9. The Hall–Kier alpha value is -1.59. The zero-order chi connectivity index (χ0) is 14.4. The lowest BCUT2D eigenvalue weighted by Crippen LogP contribution is -2.28. The smallest absolute Gasteiger partial charge is 0.287 e. The van der Waals surface area contributed by atoms with Crippen molar-refractivity contribution in [2.75, 3.05) is 13.2 Å². The Morgan fingerprint density at radius 1 is 1.25 bits per heavy atom. The molecular weight excluding hydrogens is 322 g/mol. The van der Waals surface area contributed by atoms with E-state index in [1.807, 2.05) is 30.3 Å². The normalized spacial score (nSPS) is 12.1. The van der Waals surface area contributed by atoms with Crippen LogP contribution in [-0.2, 0) is 0 Å². The average molecular weight is 338 g/mol. The standard InChI is InChI=1S/C15H16BrNO3/c16-14-7-6-13(20-14)15(19)17-10-12(8-9-18)11-4-2-1-3-5-11/h1-7,12,18H,8-10H2,(H,17,19). The highest BCUT2D eigenvalue weighted by Gasteiger charge is 2.15. The molecule has 1 heterocycles. The number of nitrogens with one attached hydrogen (secondary N) is 1. The number of rotatable bonds is 6. The Balaban J connectivity index is 1.97. The van der Waals surface area contributed by atoms with Gasteiger partial charge in [-0.15, -0.1) is 0 Å². The van der Waals surface area contributed by atoms with Crippen LogP contribution in [-0.4, -0.2) is 24.2 Å². The van der Waals surface area contributed by atoms with Gasteiger partial charge in [-0.05, 0) is 40.0 Å². The molecule has 1 aromatic carbocycles. The molecule has 1 aromatic heterocycles. The van der Waals surface area contributed by atoms with Gasteiger partial charge in [0.15, 0.2) is 10.4 Å². The summed E-state index contributed by atoms with van der Waals surface area (Å²) in [6.07, 6.45) is 0.603. The minimum Gasteiger partial charge on any atom is -0.444 e. The van der Waals surface area contributed by atoms with E-state index in [2.05, 4.69) is 21.2 Å². The molecule has 0 radical (unpaired) electrons. The predicted molar refractivity (Wildman–Crippen MR) is 79.6 cm³/mol. The first-order valence-electron chi connectivity index (χ1n) is 6.40. The summed E-state index contributed by atoms with van der Waals surface area (Å²) in [5.74, 6) is 0.103. The van der Waals surface area contributed by atoms with Crippen LogP contribution in [0.4, 0.5) is 0 Å². The lowest BCUT2D eigenvalue weighted by atomic mass is 9.96. The Morgan fingerprint density at radius 2 is 2.00 bits per heavy atom. The number of aliphatic hydroxyl groups excluding tert-OH is 1. The van der Waals surface area contributed by atoms with Crippen LogP contribution in [0, 0.1) is 0 Å². The summed E-state index contributed by atoms with van der Waals surface area (Å²) in [6.45, 7) is 0.545. The fourth-order valence-electron chi connectivity index (χ4n) is 2.01. The van der Waals surface area contributed by atoms with Gasteiger partial charge in [-0.3, -0.25) is 4.79 Å². The molecule has 1 unspecified atom stereocenters. The van der Waals surface area contributed by atoms with Crippen molar-refractivity contribution in [1.29, 1.82) is 0 Å². The van der Waals surface area contributed by atoms with Crippen molar-refractivity contribution in [2.24, 2.45) is 0 Å². The number of aliphatic hydroxyl groups is 1. The third kappa shape index (κ3) is 3.95. The second kappa shape index (κ2) is 7.26. The van der Waals surface area contributed by atoms with Crippen molar-refractivity contribution in [3.8, 4) is 0 Å². The average Bonchev–Trinajstić information content (AvgIpc) is 2.91. The molecule has 0 saturated heterocycles. The summed E-state index contributed by atoms with van der Waals surface area (Å²) in [7, 11) is 0. The van der Waals surface area contributed by atoms with Crippen LogP contribution in [0.1, 0.15) is 28.5 Å². The van der Waals surface area contributed by atoms with Gasteiger partial charge in [0.05, 0.1) is 0 Å². The van der Waals surface area contributed by atoms with E-state index in [1.54, 1.807) is 12.1 Å². The first-order valence-corrected chi connectivity index (χ1v) is 7.19. The summed E-state index contributed by atoms with van der Waals surface area (Å²) < 4.78 is 5.72. The maximum atomic E-state index is 11.9. The maximum absolute atomic E-state index is 11.9. The van der Waals surface area contributed by atoms with Gasteiger partial charge in [-0.2, -0.15) is 0 Å². The fraction of sp³-hybridized carbons (Fsp3) is 0.267. The van der Waals surface area contributed by atoms with Gasteiger partial charge in [0, 0.05) is 19.1 Å². The number of furan rings is 1. The molecule has 1 amide bonds. The maximum Gasteiger partial charge on any atom is 0.287 e. The number of benzene rings is 1. The number of carbonyl (C=O) groups excluding carboxylic acids is 1. The van der Waals surface area contributed by atoms with Crippen molar-refractivity contribution >= 4 is 21.8 Å². The van der Waals surface area contributed by atoms with Crippen molar-refractivity contribution in [3.63, 3.8) is 0 Å². The molecule has 2 N–H and O–H groups in total. The summed E-state index contributed by atoms with van der Waals surface area (Å²) in [4.78, 5) is 11.9. The Labute approximate surface area is 125 Å². The van der Waals surface area contributed by atoms with Gasteiger partial charge in [-0.1, -0.05) is 30.3 Å². The quantitative estimate of drug-likeness (QED) is 0.851. The lowest BCUT2D eigenvalue weighted by molar-refractivity contribution is 0.0920.